The summed E-state index contributed by atoms with van der Waals surface area (Å²) in [4.78, 5) is 29.8. The van der Waals surface area contributed by atoms with Gasteiger partial charge in [-0.25, -0.2) is 9.18 Å². The number of nitrogens with zero attached hydrogens (tertiary/aromatic N) is 1. The lowest BCUT2D eigenvalue weighted by Gasteiger charge is -2.33. The summed E-state index contributed by atoms with van der Waals surface area (Å²) in [5.41, 5.74) is 7.27. The molecule has 3 N–H and O–H groups in total. The fourth-order valence-electron chi connectivity index (χ4n) is 5.14. The van der Waals surface area contributed by atoms with Crippen LogP contribution in [0, 0.1) is 0 Å². The third-order valence-corrected chi connectivity index (χ3v) is 8.07. The second-order valence-corrected chi connectivity index (χ2v) is 9.75. The number of rotatable bonds is 4. The monoisotopic (exact) mass is 431 g/mol. The first-order valence-corrected chi connectivity index (χ1v) is 11.4. The van der Waals surface area contributed by atoms with Crippen LogP contribution in [0.1, 0.15) is 83.2 Å². The minimum Gasteiger partial charge on any atom is -0.374 e. The Kier molecular flexibility index (Phi) is 4.83. The van der Waals surface area contributed by atoms with E-state index in [2.05, 4.69) is 11.1 Å². The predicted molar refractivity (Wildman–Crippen MR) is 115 cm³/mol. The third-order valence-electron chi connectivity index (χ3n) is 6.77. The third kappa shape index (κ3) is 2.88. The molecule has 3 aliphatic rings. The highest BCUT2D eigenvalue weighted by Gasteiger charge is 2.43. The summed E-state index contributed by atoms with van der Waals surface area (Å²) in [6.45, 7) is 2.21. The Morgan fingerprint density at radius 1 is 1.33 bits per heavy atom. The van der Waals surface area contributed by atoms with Gasteiger partial charge in [-0.1, -0.05) is 0 Å². The van der Waals surface area contributed by atoms with Gasteiger partial charge in [0, 0.05) is 22.9 Å². The molecule has 2 aromatic heterocycles. The number of fused-ring (bicyclic) bond motifs is 2. The van der Waals surface area contributed by atoms with E-state index < -0.39 is 23.3 Å². The molecule has 2 heterocycles. The summed E-state index contributed by atoms with van der Waals surface area (Å²) in [5.74, 6) is -0.720. The van der Waals surface area contributed by atoms with Crippen LogP contribution >= 0.6 is 11.3 Å². The van der Waals surface area contributed by atoms with Crippen molar-refractivity contribution in [1.82, 2.24) is 9.55 Å². The van der Waals surface area contributed by atoms with Crippen molar-refractivity contribution in [2.75, 3.05) is 13.7 Å². The highest BCUT2D eigenvalue weighted by atomic mass is 32.1. The Hall–Kier alpha value is -2.03. The normalized spacial score (nSPS) is 25.9. The quantitative estimate of drug-likeness (QED) is 0.775. The largest absolute Gasteiger partial charge is 0.374 e. The summed E-state index contributed by atoms with van der Waals surface area (Å²) in [7, 11) is 1.52. The first-order valence-electron chi connectivity index (χ1n) is 10.6. The molecule has 3 unspecified atom stereocenters. The number of ether oxygens (including phenoxy) is 1. The van der Waals surface area contributed by atoms with Crippen molar-refractivity contribution in [2.24, 2.45) is 5.73 Å². The topological polar surface area (TPSA) is 90.1 Å². The number of hydrogen-bond acceptors (Lipinski definition) is 5. The number of allylic oxidation sites excluding steroid dienone is 1. The van der Waals surface area contributed by atoms with E-state index in [0.717, 1.165) is 37.0 Å². The molecule has 8 heteroatoms. The van der Waals surface area contributed by atoms with Crippen LogP contribution in [0.15, 0.2) is 21.5 Å². The summed E-state index contributed by atoms with van der Waals surface area (Å²) < 4.78 is 23.2. The van der Waals surface area contributed by atoms with E-state index in [1.54, 1.807) is 22.8 Å². The first-order chi connectivity index (χ1) is 14.5. The van der Waals surface area contributed by atoms with Crippen LogP contribution in [0.3, 0.4) is 0 Å². The van der Waals surface area contributed by atoms with Crippen LogP contribution < -0.4 is 17.0 Å². The lowest BCUT2D eigenvalue weighted by Crippen LogP contribution is -2.39. The Morgan fingerprint density at radius 2 is 2.10 bits per heavy atom. The van der Waals surface area contributed by atoms with Crippen LogP contribution in [-0.2, 0) is 11.2 Å². The molecule has 0 radical (unpaired) electrons. The number of aromatic amines is 1. The van der Waals surface area contributed by atoms with Crippen molar-refractivity contribution >= 4 is 16.9 Å². The SMILES string of the molecule is COC1c2c(c(=O)[nH]c(=O)n2C2CC2)C(C)=C(F)C1c1cc2c(s1)CCCC2CN. The van der Waals surface area contributed by atoms with Gasteiger partial charge in [0.1, 0.15) is 11.9 Å². The van der Waals surface area contributed by atoms with Crippen LogP contribution in [0.25, 0.3) is 5.57 Å². The van der Waals surface area contributed by atoms with E-state index in [0.29, 0.717) is 23.7 Å². The fraction of sp³-hybridized carbons (Fsp3) is 0.545. The van der Waals surface area contributed by atoms with Gasteiger partial charge in [-0.05, 0) is 68.7 Å². The molecule has 0 aromatic carbocycles. The summed E-state index contributed by atoms with van der Waals surface area (Å²) in [5, 5.41) is 0. The van der Waals surface area contributed by atoms with Gasteiger partial charge in [0.05, 0.1) is 17.2 Å². The summed E-state index contributed by atoms with van der Waals surface area (Å²) >= 11 is 1.62. The average molecular weight is 432 g/mol. The number of nitrogens with one attached hydrogen (secondary N) is 1. The van der Waals surface area contributed by atoms with Crippen molar-refractivity contribution in [3.8, 4) is 0 Å². The number of thiophene rings is 1. The van der Waals surface area contributed by atoms with Crippen LogP contribution in [0.2, 0.25) is 0 Å². The van der Waals surface area contributed by atoms with Crippen molar-refractivity contribution in [1.29, 1.82) is 0 Å². The second-order valence-electron chi connectivity index (χ2n) is 8.58. The number of methoxy groups -OCH3 is 1. The smallest absolute Gasteiger partial charge is 0.328 e. The lowest BCUT2D eigenvalue weighted by atomic mass is 9.82. The minimum atomic E-state index is -0.726. The van der Waals surface area contributed by atoms with Gasteiger partial charge in [0.2, 0.25) is 0 Å². The van der Waals surface area contributed by atoms with E-state index in [1.807, 2.05) is 0 Å². The molecular weight excluding hydrogens is 405 g/mol. The van der Waals surface area contributed by atoms with Crippen molar-refractivity contribution < 1.29 is 9.13 Å². The molecule has 0 saturated heterocycles. The zero-order chi connectivity index (χ0) is 21.2. The highest BCUT2D eigenvalue weighted by molar-refractivity contribution is 7.12. The van der Waals surface area contributed by atoms with Gasteiger partial charge >= 0.3 is 5.69 Å². The molecule has 1 fully saturated rings. The average Bonchev–Trinajstić information content (AvgIpc) is 3.46. The minimum absolute atomic E-state index is 0.0357. The fourth-order valence-corrected chi connectivity index (χ4v) is 6.55. The maximum absolute atomic E-state index is 15.8. The standard InChI is InChI=1S/C22H26FN3O3S/c1-10-16-19(26(12-6-7-12)22(28)25-21(16)27)20(29-2)17(18(10)23)15-8-13-11(9-24)4-3-5-14(13)30-15/h8,11-12,17,20H,3-7,9,24H2,1-2H3,(H,25,27,28). The molecule has 2 aromatic rings. The number of hydrogen-bond donors (Lipinski definition) is 2. The molecule has 0 aliphatic heterocycles. The van der Waals surface area contributed by atoms with Crippen LogP contribution in [-0.4, -0.2) is 23.2 Å². The molecule has 0 bridgehead atoms. The number of nitrogens with two attached hydrogens (primary N) is 1. The number of H-pyrrole nitrogens is 1. The number of halogens is 1. The number of aromatic nitrogens is 2. The maximum Gasteiger partial charge on any atom is 0.328 e. The lowest BCUT2D eigenvalue weighted by molar-refractivity contribution is 0.0728. The summed E-state index contributed by atoms with van der Waals surface area (Å²) in [6.07, 6.45) is 4.13. The zero-order valence-electron chi connectivity index (χ0n) is 17.2. The molecular formula is C22H26FN3O3S. The van der Waals surface area contributed by atoms with Gasteiger partial charge in [-0.2, -0.15) is 0 Å². The Morgan fingerprint density at radius 3 is 2.77 bits per heavy atom. The van der Waals surface area contributed by atoms with E-state index in [-0.39, 0.29) is 17.4 Å². The molecule has 30 heavy (non-hydrogen) atoms. The van der Waals surface area contributed by atoms with Crippen LogP contribution in [0.5, 0.6) is 0 Å². The van der Waals surface area contributed by atoms with Gasteiger partial charge in [-0.15, -0.1) is 11.3 Å². The van der Waals surface area contributed by atoms with Crippen molar-refractivity contribution in [2.45, 2.75) is 63.0 Å². The van der Waals surface area contributed by atoms with Crippen molar-refractivity contribution in [3.05, 3.63) is 59.3 Å². The molecule has 160 valence electrons. The number of aryl methyl sites for hydroxylation is 1. The molecule has 6 nitrogen and oxygen atoms in total. The Labute approximate surface area is 177 Å². The van der Waals surface area contributed by atoms with Crippen molar-refractivity contribution in [3.63, 3.8) is 0 Å². The molecule has 0 spiro atoms. The molecule has 3 aliphatic carbocycles. The van der Waals surface area contributed by atoms with E-state index in [4.69, 9.17) is 10.5 Å². The summed E-state index contributed by atoms with van der Waals surface area (Å²) in [6, 6.07) is 2.12. The van der Waals surface area contributed by atoms with Gasteiger partial charge < -0.3 is 10.5 Å². The second kappa shape index (κ2) is 7.28. The maximum atomic E-state index is 15.8. The zero-order valence-corrected chi connectivity index (χ0v) is 18.0. The first kappa shape index (κ1) is 19.9. The molecule has 5 rings (SSSR count). The van der Waals surface area contributed by atoms with Gasteiger partial charge in [-0.3, -0.25) is 14.3 Å². The van der Waals surface area contributed by atoms with Crippen LogP contribution in [0.4, 0.5) is 4.39 Å². The molecule has 3 atom stereocenters. The van der Waals surface area contributed by atoms with Gasteiger partial charge in [0.15, 0.2) is 0 Å². The Bertz CT molecular complexity index is 1160. The predicted octanol–water partition coefficient (Wildman–Crippen LogP) is 3.50. The van der Waals surface area contributed by atoms with E-state index in [1.165, 1.54) is 17.6 Å². The Balaban J connectivity index is 1.72. The van der Waals surface area contributed by atoms with E-state index >= 15 is 4.39 Å². The molecule has 1 saturated carbocycles. The molecule has 0 amide bonds. The van der Waals surface area contributed by atoms with E-state index in [9.17, 15) is 9.59 Å². The highest BCUT2D eigenvalue weighted by Crippen LogP contribution is 2.52. The van der Waals surface area contributed by atoms with Gasteiger partial charge in [0.25, 0.3) is 5.56 Å².